The third-order valence-electron chi connectivity index (χ3n) is 2.25. The Bertz CT molecular complexity index is 215. The van der Waals surface area contributed by atoms with E-state index in [1.165, 1.54) is 0 Å². The van der Waals surface area contributed by atoms with Crippen molar-refractivity contribution in [1.82, 2.24) is 0 Å². The SMILES string of the molecule is CCCCC(CCC(N)C#N)[PH](=O)O. The van der Waals surface area contributed by atoms with Crippen molar-refractivity contribution < 1.29 is 9.46 Å². The lowest BCUT2D eigenvalue weighted by molar-refractivity contribution is 0.468. The largest absolute Gasteiger partial charge is 0.346 e. The molecule has 3 unspecified atom stereocenters. The molecule has 4 nitrogen and oxygen atoms in total. The fourth-order valence-electron chi connectivity index (χ4n) is 1.29. The minimum absolute atomic E-state index is 0.153. The maximum Gasteiger partial charge on any atom is 0.192 e. The summed E-state index contributed by atoms with van der Waals surface area (Å²) in [6.45, 7) is 2.05. The first-order chi connectivity index (χ1) is 6.61. The molecule has 14 heavy (non-hydrogen) atoms. The first kappa shape index (κ1) is 13.6. The molecule has 82 valence electrons. The van der Waals surface area contributed by atoms with Crippen molar-refractivity contribution >= 4 is 8.03 Å². The highest BCUT2D eigenvalue weighted by molar-refractivity contribution is 7.38. The van der Waals surface area contributed by atoms with Gasteiger partial charge in [-0.25, -0.2) is 0 Å². The maximum absolute atomic E-state index is 11.0. The van der Waals surface area contributed by atoms with Gasteiger partial charge in [0.1, 0.15) is 0 Å². The van der Waals surface area contributed by atoms with Crippen molar-refractivity contribution in [3.63, 3.8) is 0 Å². The lowest BCUT2D eigenvalue weighted by Gasteiger charge is -2.13. The molecule has 0 heterocycles. The fourth-order valence-corrected chi connectivity index (χ4v) is 2.15. The number of unbranched alkanes of at least 4 members (excludes halogenated alkanes) is 1. The zero-order chi connectivity index (χ0) is 11.0. The van der Waals surface area contributed by atoms with Crippen molar-refractivity contribution in [2.24, 2.45) is 5.73 Å². The monoisotopic (exact) mass is 218 g/mol. The van der Waals surface area contributed by atoms with Crippen LogP contribution in [0.1, 0.15) is 39.0 Å². The molecule has 0 spiro atoms. The molecule has 0 bridgehead atoms. The standard InChI is InChI=1S/C9H19N2O2P/c1-2-3-4-9(14(12)13)6-5-8(11)7-10/h8-9,14H,2-6,11H2,1H3,(H,12,13). The maximum atomic E-state index is 11.0. The number of nitrogens with two attached hydrogens (primary N) is 1. The summed E-state index contributed by atoms with van der Waals surface area (Å²) in [5.41, 5.74) is 5.26. The van der Waals surface area contributed by atoms with E-state index in [9.17, 15) is 4.57 Å². The van der Waals surface area contributed by atoms with Crippen LogP contribution >= 0.6 is 8.03 Å². The van der Waals surface area contributed by atoms with Crippen LogP contribution in [0.15, 0.2) is 0 Å². The third kappa shape index (κ3) is 6.15. The lowest BCUT2D eigenvalue weighted by atomic mass is 10.1. The molecule has 3 atom stereocenters. The summed E-state index contributed by atoms with van der Waals surface area (Å²) in [7, 11) is -2.46. The average Bonchev–Trinajstić information content (AvgIpc) is 2.16. The number of nitriles is 1. The molecular formula is C9H19N2O2P. The van der Waals surface area contributed by atoms with E-state index in [0.29, 0.717) is 12.8 Å². The van der Waals surface area contributed by atoms with E-state index < -0.39 is 14.1 Å². The van der Waals surface area contributed by atoms with Gasteiger partial charge < -0.3 is 10.6 Å². The summed E-state index contributed by atoms with van der Waals surface area (Å²) in [5, 5.41) is 8.46. The minimum Gasteiger partial charge on any atom is -0.346 e. The zero-order valence-electron chi connectivity index (χ0n) is 8.57. The lowest BCUT2D eigenvalue weighted by Crippen LogP contribution is -2.19. The molecular weight excluding hydrogens is 199 g/mol. The smallest absolute Gasteiger partial charge is 0.192 e. The number of hydrogen-bond donors (Lipinski definition) is 2. The molecule has 0 aliphatic heterocycles. The van der Waals surface area contributed by atoms with Crippen molar-refractivity contribution in [3.8, 4) is 6.07 Å². The van der Waals surface area contributed by atoms with E-state index >= 15 is 0 Å². The van der Waals surface area contributed by atoms with Crippen LogP contribution in [-0.4, -0.2) is 16.6 Å². The Morgan fingerprint density at radius 2 is 2.14 bits per heavy atom. The molecule has 0 amide bonds. The third-order valence-corrected chi connectivity index (χ3v) is 3.52. The predicted molar refractivity (Wildman–Crippen MR) is 57.4 cm³/mol. The van der Waals surface area contributed by atoms with E-state index in [0.717, 1.165) is 19.3 Å². The summed E-state index contributed by atoms with van der Waals surface area (Å²) in [6, 6.07) is 1.42. The van der Waals surface area contributed by atoms with Crippen LogP contribution in [0.2, 0.25) is 0 Å². The second-order valence-corrected chi connectivity index (χ2v) is 4.98. The second-order valence-electron chi connectivity index (χ2n) is 3.49. The molecule has 0 aliphatic rings. The Hall–Kier alpha value is -0.360. The molecule has 3 N–H and O–H groups in total. The minimum atomic E-state index is -2.46. The Morgan fingerprint density at radius 3 is 2.57 bits per heavy atom. The van der Waals surface area contributed by atoms with Crippen molar-refractivity contribution in [3.05, 3.63) is 0 Å². The van der Waals surface area contributed by atoms with Gasteiger partial charge in [0.05, 0.1) is 12.1 Å². The number of rotatable bonds is 7. The Balaban J connectivity index is 3.86. The predicted octanol–water partition coefficient (Wildman–Crippen LogP) is 1.64. The highest BCUT2D eigenvalue weighted by Crippen LogP contribution is 2.30. The van der Waals surface area contributed by atoms with Gasteiger partial charge in [0.25, 0.3) is 0 Å². The Kier molecular flexibility index (Phi) is 7.78. The van der Waals surface area contributed by atoms with E-state index in [1.54, 1.807) is 0 Å². The summed E-state index contributed by atoms with van der Waals surface area (Å²) >= 11 is 0. The normalized spacial score (nSPS) is 17.0. The summed E-state index contributed by atoms with van der Waals surface area (Å²) in [4.78, 5) is 9.05. The van der Waals surface area contributed by atoms with E-state index in [4.69, 9.17) is 15.9 Å². The summed E-state index contributed by atoms with van der Waals surface area (Å²) in [6.07, 6.45) is 3.85. The Morgan fingerprint density at radius 1 is 1.50 bits per heavy atom. The topological polar surface area (TPSA) is 87.1 Å². The van der Waals surface area contributed by atoms with Gasteiger partial charge >= 0.3 is 0 Å². The summed E-state index contributed by atoms with van der Waals surface area (Å²) in [5.74, 6) is 0. The van der Waals surface area contributed by atoms with Crippen LogP contribution in [-0.2, 0) is 4.57 Å². The van der Waals surface area contributed by atoms with E-state index in [-0.39, 0.29) is 5.66 Å². The highest BCUT2D eigenvalue weighted by atomic mass is 31.1. The number of hydrogen-bond acceptors (Lipinski definition) is 3. The molecule has 0 radical (unpaired) electrons. The molecule has 0 aromatic heterocycles. The molecule has 0 fully saturated rings. The van der Waals surface area contributed by atoms with Gasteiger partial charge in [-0.3, -0.25) is 4.57 Å². The van der Waals surface area contributed by atoms with Crippen molar-refractivity contribution in [2.45, 2.75) is 50.7 Å². The molecule has 0 aliphatic carbocycles. The van der Waals surface area contributed by atoms with Gasteiger partial charge in [0.2, 0.25) is 0 Å². The van der Waals surface area contributed by atoms with Gasteiger partial charge in [0.15, 0.2) is 8.03 Å². The summed E-state index contributed by atoms with van der Waals surface area (Å²) < 4.78 is 11.0. The van der Waals surface area contributed by atoms with Crippen molar-refractivity contribution in [1.29, 1.82) is 5.26 Å². The first-order valence-electron chi connectivity index (χ1n) is 4.99. The Labute approximate surface area is 86.0 Å². The van der Waals surface area contributed by atoms with E-state index in [2.05, 4.69) is 0 Å². The highest BCUT2D eigenvalue weighted by Gasteiger charge is 2.15. The van der Waals surface area contributed by atoms with Gasteiger partial charge in [0, 0.05) is 5.66 Å². The average molecular weight is 218 g/mol. The van der Waals surface area contributed by atoms with Crippen LogP contribution in [0, 0.1) is 11.3 Å². The van der Waals surface area contributed by atoms with Crippen LogP contribution < -0.4 is 5.73 Å². The molecule has 0 saturated carbocycles. The van der Waals surface area contributed by atoms with Crippen LogP contribution in [0.3, 0.4) is 0 Å². The van der Waals surface area contributed by atoms with Gasteiger partial charge in [-0.2, -0.15) is 5.26 Å². The van der Waals surface area contributed by atoms with Gasteiger partial charge in [-0.05, 0) is 19.3 Å². The van der Waals surface area contributed by atoms with E-state index in [1.807, 2.05) is 13.0 Å². The quantitative estimate of drug-likeness (QED) is 0.636. The molecule has 0 saturated heterocycles. The van der Waals surface area contributed by atoms with Crippen LogP contribution in [0.25, 0.3) is 0 Å². The fraction of sp³-hybridized carbons (Fsp3) is 0.889. The van der Waals surface area contributed by atoms with Crippen LogP contribution in [0.5, 0.6) is 0 Å². The van der Waals surface area contributed by atoms with Crippen molar-refractivity contribution in [2.75, 3.05) is 0 Å². The second kappa shape index (κ2) is 7.99. The van der Waals surface area contributed by atoms with Crippen LogP contribution in [0.4, 0.5) is 0 Å². The van der Waals surface area contributed by atoms with Gasteiger partial charge in [-0.15, -0.1) is 0 Å². The first-order valence-corrected chi connectivity index (χ1v) is 6.43. The molecule has 0 aromatic rings. The number of nitrogens with zero attached hydrogens (tertiary/aromatic N) is 1. The zero-order valence-corrected chi connectivity index (χ0v) is 9.57. The van der Waals surface area contributed by atoms with Gasteiger partial charge in [-0.1, -0.05) is 19.8 Å². The molecule has 5 heteroatoms. The molecule has 0 rings (SSSR count). The molecule has 0 aromatic carbocycles.